The van der Waals surface area contributed by atoms with Crippen LogP contribution in [0.5, 0.6) is 0 Å². The molecule has 1 rings (SSSR count). The lowest BCUT2D eigenvalue weighted by molar-refractivity contribution is 0.163. The first-order valence-electron chi connectivity index (χ1n) is 4.19. The molecule has 0 atom stereocenters. The number of rotatable bonds is 3. The van der Waals surface area contributed by atoms with Crippen molar-refractivity contribution in [2.75, 3.05) is 11.5 Å². The second-order valence-electron chi connectivity index (χ2n) is 2.46. The van der Waals surface area contributed by atoms with Gasteiger partial charge >= 0.3 is 12.5 Å². The molecule has 0 unspecified atom stereocenters. The van der Waals surface area contributed by atoms with Crippen LogP contribution in [0.2, 0.25) is 0 Å². The van der Waals surface area contributed by atoms with E-state index in [1.54, 1.807) is 37.3 Å². The van der Waals surface area contributed by atoms with Crippen LogP contribution in [0, 0.1) is 0 Å². The quantitative estimate of drug-likeness (QED) is 0.685. The van der Waals surface area contributed by atoms with Gasteiger partial charge in [0.2, 0.25) is 0 Å². The number of benzene rings is 1. The van der Waals surface area contributed by atoms with E-state index in [0.29, 0.717) is 5.69 Å². The number of amides is 2. The monoisotopic (exact) mass is 192 g/mol. The van der Waals surface area contributed by atoms with Crippen LogP contribution < -0.4 is 4.90 Å². The molecule has 0 saturated heterocycles. The van der Waals surface area contributed by atoms with Crippen LogP contribution in [0.15, 0.2) is 30.3 Å². The first-order chi connectivity index (χ1) is 6.79. The van der Waals surface area contributed by atoms with Gasteiger partial charge in [0.15, 0.2) is 0 Å². The van der Waals surface area contributed by atoms with E-state index < -0.39 is 6.09 Å². The van der Waals surface area contributed by atoms with Crippen molar-refractivity contribution < 1.29 is 14.3 Å². The molecule has 0 aromatic heterocycles. The minimum atomic E-state index is -0.714. The van der Waals surface area contributed by atoms with Gasteiger partial charge in [-0.25, -0.2) is 9.69 Å². The van der Waals surface area contributed by atoms with Crippen LogP contribution in [-0.4, -0.2) is 19.1 Å². The van der Waals surface area contributed by atoms with E-state index >= 15 is 0 Å². The molecular weight excluding hydrogens is 182 g/mol. The second-order valence-corrected chi connectivity index (χ2v) is 2.46. The molecule has 4 heteroatoms. The zero-order chi connectivity index (χ0) is 10.4. The Kier molecular flexibility index (Phi) is 3.67. The summed E-state index contributed by atoms with van der Waals surface area (Å²) in [6.45, 7) is 1.90. The predicted molar refractivity (Wildman–Crippen MR) is 51.6 cm³/mol. The van der Waals surface area contributed by atoms with Gasteiger partial charge in [0.05, 0.1) is 12.3 Å². The van der Waals surface area contributed by atoms with Crippen LogP contribution >= 0.6 is 0 Å². The summed E-state index contributed by atoms with van der Waals surface area (Å²) < 4.78 is 4.67. The molecular formula is C10H10NO3. The van der Waals surface area contributed by atoms with Crippen molar-refractivity contribution in [2.24, 2.45) is 0 Å². The number of imide groups is 1. The van der Waals surface area contributed by atoms with Crippen LogP contribution in [0.3, 0.4) is 0 Å². The molecule has 0 aliphatic rings. The maximum atomic E-state index is 11.2. The van der Waals surface area contributed by atoms with Crippen LogP contribution in [0.1, 0.15) is 6.92 Å². The number of nitrogens with zero attached hydrogens (tertiary/aromatic N) is 1. The van der Waals surface area contributed by atoms with Gasteiger partial charge in [-0.3, -0.25) is 4.79 Å². The van der Waals surface area contributed by atoms with Gasteiger partial charge in [-0.05, 0) is 19.1 Å². The maximum absolute atomic E-state index is 11.2. The number of hydrogen-bond donors (Lipinski definition) is 0. The van der Waals surface area contributed by atoms with Crippen molar-refractivity contribution in [3.8, 4) is 0 Å². The molecule has 0 bridgehead atoms. The summed E-state index contributed by atoms with van der Waals surface area (Å²) >= 11 is 0. The fourth-order valence-electron chi connectivity index (χ4n) is 0.960. The van der Waals surface area contributed by atoms with E-state index in [1.165, 1.54) is 6.41 Å². The highest BCUT2D eigenvalue weighted by Crippen LogP contribution is 2.12. The van der Waals surface area contributed by atoms with E-state index in [2.05, 4.69) is 4.74 Å². The Bertz CT molecular complexity index is 310. The van der Waals surface area contributed by atoms with Crippen LogP contribution in [-0.2, 0) is 9.53 Å². The summed E-state index contributed by atoms with van der Waals surface area (Å²) in [5.41, 5.74) is 0.445. The number of anilines is 1. The van der Waals surface area contributed by atoms with Crippen molar-refractivity contribution in [1.29, 1.82) is 0 Å². The van der Waals surface area contributed by atoms with Crippen molar-refractivity contribution in [1.82, 2.24) is 0 Å². The van der Waals surface area contributed by atoms with Crippen molar-refractivity contribution in [3.05, 3.63) is 30.3 Å². The van der Waals surface area contributed by atoms with Crippen LogP contribution in [0.4, 0.5) is 10.5 Å². The van der Waals surface area contributed by atoms with E-state index in [4.69, 9.17) is 0 Å². The molecule has 0 fully saturated rings. The molecule has 1 aromatic carbocycles. The molecule has 14 heavy (non-hydrogen) atoms. The summed E-state index contributed by atoms with van der Waals surface area (Å²) in [5.74, 6) is 0. The molecule has 0 aliphatic carbocycles. The molecule has 0 aliphatic heterocycles. The molecule has 2 amide bonds. The van der Waals surface area contributed by atoms with Gasteiger partial charge < -0.3 is 4.74 Å². The Morgan fingerprint density at radius 3 is 2.57 bits per heavy atom. The zero-order valence-corrected chi connectivity index (χ0v) is 7.77. The van der Waals surface area contributed by atoms with Gasteiger partial charge in [0.25, 0.3) is 0 Å². The lowest BCUT2D eigenvalue weighted by Crippen LogP contribution is -2.29. The lowest BCUT2D eigenvalue weighted by atomic mass is 10.3. The van der Waals surface area contributed by atoms with Gasteiger partial charge in [-0.2, -0.15) is 0 Å². The molecule has 0 N–H and O–H groups in total. The molecule has 1 radical (unpaired) electrons. The van der Waals surface area contributed by atoms with Crippen LogP contribution in [0.25, 0.3) is 0 Å². The third kappa shape index (κ3) is 2.32. The first kappa shape index (κ1) is 10.2. The number of carbonyl (C=O) groups excluding carboxylic acids is 2. The average Bonchev–Trinajstić information content (AvgIpc) is 2.21. The fourth-order valence-corrected chi connectivity index (χ4v) is 0.960. The minimum Gasteiger partial charge on any atom is -0.449 e. The fraction of sp³-hybridized carbons (Fsp3) is 0.200. The van der Waals surface area contributed by atoms with Gasteiger partial charge in [-0.1, -0.05) is 18.2 Å². The highest BCUT2D eigenvalue weighted by atomic mass is 16.6. The largest absolute Gasteiger partial charge is 0.449 e. The molecule has 1 aromatic rings. The summed E-state index contributed by atoms with van der Waals surface area (Å²) in [6.07, 6.45) is 0.798. The Hall–Kier alpha value is -1.84. The molecule has 0 saturated carbocycles. The molecule has 73 valence electrons. The highest BCUT2D eigenvalue weighted by molar-refractivity contribution is 6.03. The third-order valence-corrected chi connectivity index (χ3v) is 1.56. The SMILES string of the molecule is CCOC(=O)N([C]=O)c1ccccc1. The van der Waals surface area contributed by atoms with E-state index in [1.807, 2.05) is 0 Å². The normalized spacial score (nSPS) is 9.21. The Morgan fingerprint density at radius 1 is 1.43 bits per heavy atom. The topological polar surface area (TPSA) is 46.6 Å². The standard InChI is InChI=1S/C10H10NO3/c1-2-14-10(13)11(8-12)9-6-4-3-5-7-9/h3-7H,2H2,1H3. The number of carbonyl (C=O) groups is 1. The van der Waals surface area contributed by atoms with Crippen molar-refractivity contribution >= 4 is 18.2 Å². The number of ether oxygens (including phenoxy) is 1. The Balaban J connectivity index is 2.82. The summed E-state index contributed by atoms with van der Waals surface area (Å²) in [5, 5.41) is 0. The van der Waals surface area contributed by atoms with E-state index in [9.17, 15) is 9.59 Å². The molecule has 0 spiro atoms. The molecule has 4 nitrogen and oxygen atoms in total. The highest BCUT2D eigenvalue weighted by Gasteiger charge is 2.16. The van der Waals surface area contributed by atoms with Crippen molar-refractivity contribution in [3.63, 3.8) is 0 Å². The number of para-hydroxylation sites is 1. The smallest absolute Gasteiger partial charge is 0.421 e. The summed E-state index contributed by atoms with van der Waals surface area (Å²) in [7, 11) is 0. The van der Waals surface area contributed by atoms with Gasteiger partial charge in [0.1, 0.15) is 0 Å². The number of hydrogen-bond acceptors (Lipinski definition) is 3. The van der Waals surface area contributed by atoms with Crippen molar-refractivity contribution in [2.45, 2.75) is 6.92 Å². The summed E-state index contributed by atoms with van der Waals surface area (Å²) in [4.78, 5) is 22.5. The summed E-state index contributed by atoms with van der Waals surface area (Å²) in [6, 6.07) is 8.49. The Labute approximate surface area is 82.1 Å². The lowest BCUT2D eigenvalue weighted by Gasteiger charge is -2.13. The van der Waals surface area contributed by atoms with Gasteiger partial charge in [0, 0.05) is 0 Å². The Morgan fingerprint density at radius 2 is 2.07 bits per heavy atom. The average molecular weight is 192 g/mol. The van der Waals surface area contributed by atoms with E-state index in [-0.39, 0.29) is 6.61 Å². The third-order valence-electron chi connectivity index (χ3n) is 1.56. The minimum absolute atomic E-state index is 0.226. The van der Waals surface area contributed by atoms with Gasteiger partial charge in [-0.15, -0.1) is 0 Å². The maximum Gasteiger partial charge on any atom is 0.421 e. The van der Waals surface area contributed by atoms with E-state index in [0.717, 1.165) is 4.90 Å². The first-order valence-corrected chi connectivity index (χ1v) is 4.19. The zero-order valence-electron chi connectivity index (χ0n) is 7.77. The second kappa shape index (κ2) is 5.01. The predicted octanol–water partition coefficient (Wildman–Crippen LogP) is 1.72. The molecule has 0 heterocycles.